The lowest BCUT2D eigenvalue weighted by Crippen LogP contribution is -2.03. The Morgan fingerprint density at radius 1 is 0.338 bits per heavy atom. The molecule has 0 aliphatic rings. The zero-order chi connectivity index (χ0) is 53.0. The summed E-state index contributed by atoms with van der Waals surface area (Å²) in [4.78, 5) is 0. The largest absolute Gasteiger partial charge is 0.167 e. The zero-order valence-electron chi connectivity index (χ0n) is 47.0. The van der Waals surface area contributed by atoms with E-state index in [9.17, 15) is 0 Å². The highest BCUT2D eigenvalue weighted by atomic mass is 15.2. The summed E-state index contributed by atoms with van der Waals surface area (Å²) < 4.78 is 0. The molecule has 0 radical (unpaired) electrons. The van der Waals surface area contributed by atoms with Gasteiger partial charge in [-0.25, -0.2) is 0 Å². The smallest absolute Gasteiger partial charge is 0.0674 e. The van der Waals surface area contributed by atoms with Gasteiger partial charge in [0.15, 0.2) is 0 Å². The molecule has 8 heteroatoms. The van der Waals surface area contributed by atoms with Crippen molar-refractivity contribution in [3.05, 3.63) is 140 Å². The van der Waals surface area contributed by atoms with Crippen molar-refractivity contribution >= 4 is 49.7 Å². The molecule has 0 atom stereocenters. The van der Waals surface area contributed by atoms with Crippen LogP contribution in [0.4, 0.5) is 0 Å². The van der Waals surface area contributed by atoms with Gasteiger partial charge in [0.05, 0.1) is 22.8 Å². The number of hydrogen-bond donors (Lipinski definition) is 0. The van der Waals surface area contributed by atoms with Crippen LogP contribution in [0.25, 0.3) is 0 Å². The topological polar surface area (TPSA) is 98.9 Å². The Morgan fingerprint density at radius 2 is 0.676 bits per heavy atom. The fraction of sp³-hybridized carbons (Fsp3) is 0.467. The molecule has 0 aliphatic carbocycles. The van der Waals surface area contributed by atoms with Crippen molar-refractivity contribution in [2.45, 2.75) is 190 Å². The van der Waals surface area contributed by atoms with Crippen molar-refractivity contribution in [3.63, 3.8) is 0 Å². The second-order valence-electron chi connectivity index (χ2n) is 14.1. The molecule has 376 valence electrons. The molecule has 0 N–H and O–H groups in total. The molecule has 0 heterocycles. The number of rotatable bonds is 16. The fourth-order valence-electron chi connectivity index (χ4n) is 6.77. The van der Waals surface area contributed by atoms with Gasteiger partial charge in [-0.05, 0) is 141 Å². The molecule has 4 aromatic carbocycles. The molecule has 0 spiro atoms. The van der Waals surface area contributed by atoms with Gasteiger partial charge in [0, 0.05) is 43.6 Å². The van der Waals surface area contributed by atoms with Crippen molar-refractivity contribution in [2.75, 3.05) is 0 Å². The average molecular weight is 929 g/mol. The van der Waals surface area contributed by atoms with Gasteiger partial charge in [-0.1, -0.05) is 171 Å². The lowest BCUT2D eigenvalue weighted by atomic mass is 9.95. The average Bonchev–Trinajstić information content (AvgIpc) is 3.40. The van der Waals surface area contributed by atoms with E-state index in [1.54, 1.807) is 0 Å². The minimum Gasteiger partial charge on any atom is -0.167 e. The molecule has 0 amide bonds. The summed E-state index contributed by atoms with van der Waals surface area (Å²) in [6, 6.07) is 26.0. The molecular formula is C60H96N8. The molecule has 0 saturated carbocycles. The second kappa shape index (κ2) is 45.0. The van der Waals surface area contributed by atoms with E-state index in [2.05, 4.69) is 196 Å². The van der Waals surface area contributed by atoms with Crippen LogP contribution in [0.15, 0.2) is 114 Å². The summed E-state index contributed by atoms with van der Waals surface area (Å²) in [5.74, 6) is 0. The molecule has 0 unspecified atom stereocenters. The second-order valence-corrected chi connectivity index (χ2v) is 14.1. The lowest BCUT2D eigenvalue weighted by molar-refractivity contribution is 1.03. The van der Waals surface area contributed by atoms with Crippen LogP contribution in [0.2, 0.25) is 0 Å². The van der Waals surface area contributed by atoms with Crippen LogP contribution in [0.1, 0.15) is 205 Å². The third-order valence-corrected chi connectivity index (χ3v) is 10.3. The number of nitrogens with zero attached hydrogens (tertiary/aromatic N) is 8. The Morgan fingerprint density at radius 3 is 0.985 bits per heavy atom. The Labute approximate surface area is 418 Å². The van der Waals surface area contributed by atoms with Gasteiger partial charge in [-0.2, -0.15) is 40.8 Å². The predicted molar refractivity (Wildman–Crippen MR) is 313 cm³/mol. The van der Waals surface area contributed by atoms with Gasteiger partial charge in [0.2, 0.25) is 0 Å². The van der Waals surface area contributed by atoms with Gasteiger partial charge < -0.3 is 0 Å². The van der Waals surface area contributed by atoms with Crippen molar-refractivity contribution < 1.29 is 0 Å². The summed E-state index contributed by atoms with van der Waals surface area (Å²) in [6.07, 6.45) is 8.38. The maximum atomic E-state index is 4.01. The highest BCUT2D eigenvalue weighted by molar-refractivity contribution is 6.01. The minimum atomic E-state index is 0.926. The van der Waals surface area contributed by atoms with E-state index in [1.807, 2.05) is 83.1 Å². The van der Waals surface area contributed by atoms with Crippen LogP contribution >= 0.6 is 0 Å². The van der Waals surface area contributed by atoms with Gasteiger partial charge >= 0.3 is 0 Å². The van der Waals surface area contributed by atoms with E-state index in [0.717, 1.165) is 79.8 Å². The van der Waals surface area contributed by atoms with Crippen LogP contribution < -0.4 is 0 Å². The third-order valence-electron chi connectivity index (χ3n) is 10.3. The van der Waals surface area contributed by atoms with E-state index >= 15 is 0 Å². The van der Waals surface area contributed by atoms with Crippen molar-refractivity contribution in [1.29, 1.82) is 0 Å². The zero-order valence-corrected chi connectivity index (χ0v) is 47.0. The van der Waals surface area contributed by atoms with Crippen LogP contribution in [0.5, 0.6) is 0 Å². The first-order valence-corrected chi connectivity index (χ1v) is 25.4. The van der Waals surface area contributed by atoms with Gasteiger partial charge in [0.1, 0.15) is 0 Å². The van der Waals surface area contributed by atoms with E-state index in [1.165, 1.54) is 61.2 Å². The summed E-state index contributed by atoms with van der Waals surface area (Å²) in [5, 5.41) is 30.2. The first kappa shape index (κ1) is 68.8. The molecule has 68 heavy (non-hydrogen) atoms. The minimum absolute atomic E-state index is 0.926. The molecule has 0 saturated heterocycles. The van der Waals surface area contributed by atoms with E-state index in [-0.39, 0.29) is 0 Å². The Balaban J connectivity index is -0.000000382. The molecule has 4 aromatic rings. The number of hydrogen-bond acceptors (Lipinski definition) is 8. The van der Waals surface area contributed by atoms with Crippen molar-refractivity contribution in [1.82, 2.24) is 0 Å². The molecule has 4 rings (SSSR count). The first-order valence-electron chi connectivity index (χ1n) is 25.4. The molecular weight excluding hydrogens is 833 g/mol. The van der Waals surface area contributed by atoms with Gasteiger partial charge in [0.25, 0.3) is 0 Å². The maximum absolute atomic E-state index is 4.01. The van der Waals surface area contributed by atoms with Crippen LogP contribution in [-0.4, -0.2) is 49.7 Å². The monoisotopic (exact) mass is 929 g/mol. The first-order chi connectivity index (χ1) is 32.9. The number of aryl methyl sites for hydroxylation is 7. The highest BCUT2D eigenvalue weighted by Crippen LogP contribution is 2.19. The van der Waals surface area contributed by atoms with Crippen LogP contribution in [0.3, 0.4) is 0 Å². The van der Waals surface area contributed by atoms with Gasteiger partial charge in [-0.3, -0.25) is 0 Å². The molecule has 8 nitrogen and oxygen atoms in total. The maximum Gasteiger partial charge on any atom is 0.0674 e. The summed E-state index contributed by atoms with van der Waals surface area (Å²) in [6.45, 7) is 54.7. The number of benzene rings is 4. The standard InChI is InChI=1S/4C13H18N2.4C2H6/c1-5-11-7-12(6-2)9-13(8-11)10(3)15-14-4;2*1-5-11-7-8-13(10(3)15-14-4)12(6-2)9-11;1-5-11-8-7-9-13(12(11)6-2)10(3)15-14-4;4*1-2/h4*7-9H,4-6H2,1-3H3;4*1-2H3/b4*15-10+;;;;. The predicted octanol–water partition coefficient (Wildman–Crippen LogP) is 17.0. The fourth-order valence-corrected chi connectivity index (χ4v) is 6.77. The summed E-state index contributed by atoms with van der Waals surface area (Å²) in [5.41, 5.74) is 19.3. The molecule has 0 fully saturated rings. The van der Waals surface area contributed by atoms with Crippen molar-refractivity contribution in [2.24, 2.45) is 40.8 Å². The van der Waals surface area contributed by atoms with E-state index < -0.39 is 0 Å². The normalized spacial score (nSPS) is 10.5. The molecule has 0 aromatic heterocycles. The Kier molecular flexibility index (Phi) is 45.6. The van der Waals surface area contributed by atoms with Crippen LogP contribution in [0, 0.1) is 0 Å². The SMILES string of the molecule is C=N/N=C(\C)c1cc(CC)cc(CC)c1.C=N/N=C(\C)c1ccc(CC)cc1CC.C=N/N=C(\C)c1ccc(CC)cc1CC.C=N/N=C(\C)c1cccc(CC)c1CC.CC.CC.CC.CC. The molecule has 0 aliphatic heterocycles. The third kappa shape index (κ3) is 26.0. The highest BCUT2D eigenvalue weighted by Gasteiger charge is 2.09. The van der Waals surface area contributed by atoms with E-state index in [4.69, 9.17) is 0 Å². The Hall–Kier alpha value is -5.76. The van der Waals surface area contributed by atoms with Crippen molar-refractivity contribution in [3.8, 4) is 0 Å². The lowest BCUT2D eigenvalue weighted by Gasteiger charge is -2.11. The van der Waals surface area contributed by atoms with Crippen LogP contribution in [-0.2, 0) is 51.4 Å². The molecule has 0 bridgehead atoms. The Bertz CT molecular complexity index is 2020. The summed E-state index contributed by atoms with van der Waals surface area (Å²) in [7, 11) is 0. The van der Waals surface area contributed by atoms with E-state index in [0.29, 0.717) is 0 Å². The quantitative estimate of drug-likeness (QED) is 0.0790. The summed E-state index contributed by atoms with van der Waals surface area (Å²) >= 11 is 0. The van der Waals surface area contributed by atoms with Gasteiger partial charge in [-0.15, -0.1) is 0 Å².